The van der Waals surface area contributed by atoms with Gasteiger partial charge < -0.3 is 10.8 Å². The second-order valence-electron chi connectivity index (χ2n) is 3.05. The van der Waals surface area contributed by atoms with Crippen LogP contribution in [0.15, 0.2) is 10.7 Å². The van der Waals surface area contributed by atoms with Gasteiger partial charge in [0.05, 0.1) is 12.1 Å². The first-order valence-electron chi connectivity index (χ1n) is 4.34. The van der Waals surface area contributed by atoms with Crippen molar-refractivity contribution < 1.29 is 18.7 Å². The summed E-state index contributed by atoms with van der Waals surface area (Å²) in [4.78, 5) is 14.3. The van der Waals surface area contributed by atoms with Crippen LogP contribution in [-0.2, 0) is 17.8 Å². The van der Waals surface area contributed by atoms with Gasteiger partial charge in [0.2, 0.25) is 0 Å². The minimum absolute atomic E-state index is 0.0562. The summed E-state index contributed by atoms with van der Waals surface area (Å²) in [6, 6.07) is 1.18. The van der Waals surface area contributed by atoms with E-state index in [2.05, 4.69) is 20.9 Å². The molecule has 0 saturated carbocycles. The molecule has 1 aromatic heterocycles. The molecule has 0 bridgehead atoms. The molecule has 0 unspecified atom stereocenters. The van der Waals surface area contributed by atoms with Gasteiger partial charge >= 0.3 is 5.97 Å². The van der Waals surface area contributed by atoms with E-state index in [-0.39, 0.29) is 17.8 Å². The van der Waals surface area contributed by atoms with E-state index in [4.69, 9.17) is 10.8 Å². The molecule has 0 aliphatic rings. The maximum Gasteiger partial charge on any atom is 0.309 e. The molecule has 0 aliphatic heterocycles. The van der Waals surface area contributed by atoms with Gasteiger partial charge in [-0.25, -0.2) is 13.8 Å². The third-order valence-electron chi connectivity index (χ3n) is 1.93. The van der Waals surface area contributed by atoms with Crippen LogP contribution in [0.25, 0.3) is 0 Å². The van der Waals surface area contributed by atoms with Crippen LogP contribution < -0.4 is 5.73 Å². The molecule has 0 fully saturated rings. The highest BCUT2D eigenvalue weighted by Crippen LogP contribution is 2.26. The van der Waals surface area contributed by atoms with Crippen LogP contribution in [-0.4, -0.2) is 16.1 Å². The van der Waals surface area contributed by atoms with Crippen molar-refractivity contribution in [1.82, 2.24) is 4.98 Å². The number of alkyl halides is 2. The third-order valence-corrected chi connectivity index (χ3v) is 2.62. The Morgan fingerprint density at radius 1 is 1.62 bits per heavy atom. The standard InChI is InChI=1S/C9H9BrF2N2O2/c10-8-4(3-13)1-5(9(11)12)6(14-8)2-7(15)16/h1,9H,2-3,13H2,(H,15,16). The molecule has 0 saturated heterocycles. The van der Waals surface area contributed by atoms with Crippen LogP contribution in [0.2, 0.25) is 0 Å². The van der Waals surface area contributed by atoms with Crippen molar-refractivity contribution in [2.75, 3.05) is 0 Å². The highest BCUT2D eigenvalue weighted by atomic mass is 79.9. The zero-order chi connectivity index (χ0) is 12.3. The summed E-state index contributed by atoms with van der Waals surface area (Å²) in [6.07, 6.45) is -3.30. The molecule has 1 rings (SSSR count). The van der Waals surface area contributed by atoms with E-state index in [9.17, 15) is 13.6 Å². The topological polar surface area (TPSA) is 76.2 Å². The summed E-state index contributed by atoms with van der Waals surface area (Å²) in [6.45, 7) is 0.0562. The molecule has 7 heteroatoms. The number of carboxylic acids is 1. The number of nitrogens with two attached hydrogens (primary N) is 1. The minimum Gasteiger partial charge on any atom is -0.481 e. The van der Waals surface area contributed by atoms with Gasteiger partial charge in [-0.05, 0) is 27.6 Å². The monoisotopic (exact) mass is 294 g/mol. The number of pyridine rings is 1. The maximum atomic E-state index is 12.6. The Kier molecular flexibility index (Phi) is 4.31. The average molecular weight is 295 g/mol. The van der Waals surface area contributed by atoms with Crippen molar-refractivity contribution in [3.05, 3.63) is 27.5 Å². The van der Waals surface area contributed by atoms with Gasteiger partial charge in [0.15, 0.2) is 0 Å². The summed E-state index contributed by atoms with van der Waals surface area (Å²) in [5.41, 5.74) is 5.23. The Balaban J connectivity index is 3.24. The molecule has 16 heavy (non-hydrogen) atoms. The van der Waals surface area contributed by atoms with Crippen molar-refractivity contribution in [1.29, 1.82) is 0 Å². The predicted octanol–water partition coefficient (Wildman–Crippen LogP) is 1.87. The van der Waals surface area contributed by atoms with Gasteiger partial charge in [-0.15, -0.1) is 0 Å². The first kappa shape index (κ1) is 13.0. The van der Waals surface area contributed by atoms with E-state index in [1.165, 1.54) is 6.07 Å². The molecule has 0 spiro atoms. The third kappa shape index (κ3) is 2.96. The first-order valence-corrected chi connectivity index (χ1v) is 5.13. The minimum atomic E-state index is -2.76. The number of hydrogen-bond donors (Lipinski definition) is 2. The molecule has 0 aromatic carbocycles. The van der Waals surface area contributed by atoms with Crippen molar-refractivity contribution in [2.45, 2.75) is 19.4 Å². The van der Waals surface area contributed by atoms with Crippen molar-refractivity contribution in [2.24, 2.45) is 5.73 Å². The van der Waals surface area contributed by atoms with Crippen LogP contribution in [0, 0.1) is 0 Å². The highest BCUT2D eigenvalue weighted by molar-refractivity contribution is 9.10. The first-order chi connectivity index (χ1) is 7.45. The number of carboxylic acid groups (broad SMARTS) is 1. The average Bonchev–Trinajstić information content (AvgIpc) is 2.16. The fraction of sp³-hybridized carbons (Fsp3) is 0.333. The van der Waals surface area contributed by atoms with E-state index < -0.39 is 18.8 Å². The van der Waals surface area contributed by atoms with Gasteiger partial charge in [-0.3, -0.25) is 4.79 Å². The Morgan fingerprint density at radius 3 is 2.69 bits per heavy atom. The fourth-order valence-electron chi connectivity index (χ4n) is 1.20. The molecule has 0 radical (unpaired) electrons. The van der Waals surface area contributed by atoms with Gasteiger partial charge in [-0.1, -0.05) is 0 Å². The van der Waals surface area contributed by atoms with Gasteiger partial charge in [0, 0.05) is 12.1 Å². The van der Waals surface area contributed by atoms with Crippen LogP contribution in [0.5, 0.6) is 0 Å². The highest BCUT2D eigenvalue weighted by Gasteiger charge is 2.18. The number of nitrogens with zero attached hydrogens (tertiary/aromatic N) is 1. The normalized spacial score (nSPS) is 10.8. The van der Waals surface area contributed by atoms with Crippen molar-refractivity contribution in [3.8, 4) is 0 Å². The largest absolute Gasteiger partial charge is 0.481 e. The zero-order valence-electron chi connectivity index (χ0n) is 8.08. The number of halogens is 3. The number of aromatic nitrogens is 1. The van der Waals surface area contributed by atoms with Crippen LogP contribution in [0.3, 0.4) is 0 Å². The van der Waals surface area contributed by atoms with E-state index in [0.29, 0.717) is 10.2 Å². The molecule has 0 aliphatic carbocycles. The molecular weight excluding hydrogens is 286 g/mol. The van der Waals surface area contributed by atoms with Crippen molar-refractivity contribution in [3.63, 3.8) is 0 Å². The number of hydrogen-bond acceptors (Lipinski definition) is 3. The van der Waals surface area contributed by atoms with Gasteiger partial charge in [0.25, 0.3) is 6.43 Å². The Bertz CT molecular complexity index is 413. The summed E-state index contributed by atoms with van der Waals surface area (Å²) in [5, 5.41) is 8.57. The van der Waals surface area contributed by atoms with Crippen LogP contribution >= 0.6 is 15.9 Å². The maximum absolute atomic E-state index is 12.6. The summed E-state index contributed by atoms with van der Waals surface area (Å²) in [7, 11) is 0. The summed E-state index contributed by atoms with van der Waals surface area (Å²) >= 11 is 3.05. The molecule has 1 heterocycles. The Morgan fingerprint density at radius 2 is 2.25 bits per heavy atom. The molecule has 0 amide bonds. The second-order valence-corrected chi connectivity index (χ2v) is 3.80. The molecule has 3 N–H and O–H groups in total. The summed E-state index contributed by atoms with van der Waals surface area (Å²) in [5.74, 6) is -1.21. The van der Waals surface area contributed by atoms with Gasteiger partial charge in [0.1, 0.15) is 4.60 Å². The number of aliphatic carboxylic acids is 1. The zero-order valence-corrected chi connectivity index (χ0v) is 9.67. The van der Waals surface area contributed by atoms with Crippen LogP contribution in [0.4, 0.5) is 8.78 Å². The molecule has 88 valence electrons. The predicted molar refractivity (Wildman–Crippen MR) is 56.1 cm³/mol. The molecule has 0 atom stereocenters. The quantitative estimate of drug-likeness (QED) is 0.831. The van der Waals surface area contributed by atoms with E-state index in [1.54, 1.807) is 0 Å². The smallest absolute Gasteiger partial charge is 0.309 e. The molecule has 1 aromatic rings. The van der Waals surface area contributed by atoms with Gasteiger partial charge in [-0.2, -0.15) is 0 Å². The van der Waals surface area contributed by atoms with E-state index in [1.807, 2.05) is 0 Å². The van der Waals surface area contributed by atoms with E-state index >= 15 is 0 Å². The lowest BCUT2D eigenvalue weighted by Crippen LogP contribution is -2.10. The van der Waals surface area contributed by atoms with Crippen molar-refractivity contribution >= 4 is 21.9 Å². The lowest BCUT2D eigenvalue weighted by molar-refractivity contribution is -0.136. The lowest BCUT2D eigenvalue weighted by Gasteiger charge is -2.10. The second kappa shape index (κ2) is 5.31. The Labute approximate surface area is 98.6 Å². The van der Waals surface area contributed by atoms with Crippen LogP contribution in [0.1, 0.15) is 23.2 Å². The SMILES string of the molecule is NCc1cc(C(F)F)c(CC(=O)O)nc1Br. The fourth-order valence-corrected chi connectivity index (χ4v) is 1.69. The van der Waals surface area contributed by atoms with E-state index in [0.717, 1.165) is 0 Å². The summed E-state index contributed by atoms with van der Waals surface area (Å²) < 4.78 is 25.6. The lowest BCUT2D eigenvalue weighted by atomic mass is 10.1. The number of rotatable bonds is 4. The Hall–Kier alpha value is -1.08. The molecular formula is C9H9BrF2N2O2. The molecule has 4 nitrogen and oxygen atoms in total. The number of carbonyl (C=O) groups is 1.